The standard InChI is InChI=1S/C17H11NO/c18-9-8-12-5-3-6-14-10-13-4-1-2-7-15(13)16(11-19)17(12)14/h1-7,10-11H,8H2. The highest BCUT2D eigenvalue weighted by Gasteiger charge is 2.10. The van der Waals surface area contributed by atoms with Crippen molar-refractivity contribution in [3.05, 3.63) is 59.7 Å². The lowest BCUT2D eigenvalue weighted by atomic mass is 9.93. The van der Waals surface area contributed by atoms with Crippen molar-refractivity contribution in [2.24, 2.45) is 0 Å². The zero-order valence-electron chi connectivity index (χ0n) is 10.3. The van der Waals surface area contributed by atoms with Gasteiger partial charge in [-0.3, -0.25) is 4.79 Å². The number of nitrogens with zero attached hydrogens (tertiary/aromatic N) is 1. The van der Waals surface area contributed by atoms with Crippen LogP contribution in [0, 0.1) is 11.3 Å². The van der Waals surface area contributed by atoms with E-state index in [4.69, 9.17) is 5.26 Å². The summed E-state index contributed by atoms with van der Waals surface area (Å²) in [6.45, 7) is 0. The molecule has 0 saturated heterocycles. The van der Waals surface area contributed by atoms with E-state index in [0.29, 0.717) is 12.0 Å². The predicted molar refractivity (Wildman–Crippen MR) is 76.2 cm³/mol. The summed E-state index contributed by atoms with van der Waals surface area (Å²) in [4.78, 5) is 11.5. The molecule has 0 aromatic heterocycles. The van der Waals surface area contributed by atoms with Gasteiger partial charge in [0.25, 0.3) is 0 Å². The van der Waals surface area contributed by atoms with E-state index in [0.717, 1.165) is 33.4 Å². The van der Waals surface area contributed by atoms with Gasteiger partial charge in [-0.15, -0.1) is 0 Å². The van der Waals surface area contributed by atoms with Crippen molar-refractivity contribution in [3.8, 4) is 6.07 Å². The van der Waals surface area contributed by atoms with Crippen molar-refractivity contribution in [1.82, 2.24) is 0 Å². The molecular weight excluding hydrogens is 234 g/mol. The van der Waals surface area contributed by atoms with Gasteiger partial charge < -0.3 is 0 Å². The van der Waals surface area contributed by atoms with E-state index in [1.807, 2.05) is 42.5 Å². The average Bonchev–Trinajstić information content (AvgIpc) is 2.45. The summed E-state index contributed by atoms with van der Waals surface area (Å²) in [5, 5.41) is 12.8. The minimum absolute atomic E-state index is 0.316. The molecule has 0 saturated carbocycles. The van der Waals surface area contributed by atoms with Crippen LogP contribution in [0.4, 0.5) is 0 Å². The molecule has 2 heteroatoms. The maximum absolute atomic E-state index is 11.5. The van der Waals surface area contributed by atoms with Crippen LogP contribution in [0.15, 0.2) is 48.5 Å². The first kappa shape index (κ1) is 11.4. The normalized spacial score (nSPS) is 10.5. The van der Waals surface area contributed by atoms with Crippen molar-refractivity contribution < 1.29 is 4.79 Å². The molecule has 0 bridgehead atoms. The van der Waals surface area contributed by atoms with Gasteiger partial charge in [0.1, 0.15) is 0 Å². The predicted octanol–water partition coefficient (Wildman–Crippen LogP) is 3.87. The number of hydrogen-bond acceptors (Lipinski definition) is 2. The van der Waals surface area contributed by atoms with Gasteiger partial charge in [0.05, 0.1) is 12.5 Å². The molecule has 0 spiro atoms. The Bertz CT molecular complexity index is 828. The molecule has 19 heavy (non-hydrogen) atoms. The van der Waals surface area contributed by atoms with Gasteiger partial charge in [-0.05, 0) is 33.2 Å². The van der Waals surface area contributed by atoms with Crippen LogP contribution in [-0.4, -0.2) is 6.29 Å². The van der Waals surface area contributed by atoms with Crippen LogP contribution in [-0.2, 0) is 6.42 Å². The number of benzene rings is 3. The van der Waals surface area contributed by atoms with Crippen LogP contribution in [0.3, 0.4) is 0 Å². The fourth-order valence-electron chi connectivity index (χ4n) is 2.59. The highest BCUT2D eigenvalue weighted by molar-refractivity contribution is 6.13. The minimum atomic E-state index is 0.316. The molecule has 3 aromatic carbocycles. The van der Waals surface area contributed by atoms with Gasteiger partial charge in [0.2, 0.25) is 0 Å². The second kappa shape index (κ2) is 4.55. The molecule has 0 aliphatic carbocycles. The molecule has 0 heterocycles. The fourth-order valence-corrected chi connectivity index (χ4v) is 2.59. The topological polar surface area (TPSA) is 40.9 Å². The van der Waals surface area contributed by atoms with Crippen molar-refractivity contribution in [2.45, 2.75) is 6.42 Å². The zero-order chi connectivity index (χ0) is 13.2. The van der Waals surface area contributed by atoms with E-state index in [2.05, 4.69) is 12.1 Å². The summed E-state index contributed by atoms with van der Waals surface area (Å²) in [5.41, 5.74) is 1.59. The maximum atomic E-state index is 11.5. The third kappa shape index (κ3) is 1.76. The molecule has 3 rings (SSSR count). The Hall–Kier alpha value is -2.66. The Kier molecular flexibility index (Phi) is 2.74. The molecule has 0 fully saturated rings. The molecule has 0 amide bonds. The van der Waals surface area contributed by atoms with E-state index < -0.39 is 0 Å². The van der Waals surface area contributed by atoms with Crippen molar-refractivity contribution in [2.75, 3.05) is 0 Å². The molecule has 0 unspecified atom stereocenters. The lowest BCUT2D eigenvalue weighted by molar-refractivity contribution is 0.112. The van der Waals surface area contributed by atoms with Crippen LogP contribution < -0.4 is 0 Å². The van der Waals surface area contributed by atoms with Crippen LogP contribution in [0.25, 0.3) is 21.5 Å². The van der Waals surface area contributed by atoms with Crippen LogP contribution in [0.5, 0.6) is 0 Å². The van der Waals surface area contributed by atoms with Gasteiger partial charge in [0, 0.05) is 5.56 Å². The number of aldehydes is 1. The van der Waals surface area contributed by atoms with Gasteiger partial charge in [0.15, 0.2) is 6.29 Å². The second-order valence-electron chi connectivity index (χ2n) is 4.48. The summed E-state index contributed by atoms with van der Waals surface area (Å²) in [6, 6.07) is 17.9. The van der Waals surface area contributed by atoms with E-state index in [-0.39, 0.29) is 0 Å². The molecule has 3 aromatic rings. The first-order valence-corrected chi connectivity index (χ1v) is 6.10. The highest BCUT2D eigenvalue weighted by Crippen LogP contribution is 2.29. The smallest absolute Gasteiger partial charge is 0.151 e. The summed E-state index contributed by atoms with van der Waals surface area (Å²) in [5.74, 6) is 0. The molecule has 0 atom stereocenters. The second-order valence-corrected chi connectivity index (χ2v) is 4.48. The summed E-state index contributed by atoms with van der Waals surface area (Å²) in [6.07, 6.45) is 1.21. The number of fused-ring (bicyclic) bond motifs is 2. The molecular formula is C17H11NO. The number of carbonyl (C=O) groups is 1. The molecule has 0 aliphatic heterocycles. The monoisotopic (exact) mass is 245 g/mol. The first-order valence-electron chi connectivity index (χ1n) is 6.10. The largest absolute Gasteiger partial charge is 0.298 e. The van der Waals surface area contributed by atoms with Gasteiger partial charge in [-0.1, -0.05) is 42.5 Å². The number of nitriles is 1. The van der Waals surface area contributed by atoms with Crippen molar-refractivity contribution in [1.29, 1.82) is 5.26 Å². The van der Waals surface area contributed by atoms with Gasteiger partial charge in [-0.25, -0.2) is 0 Å². The van der Waals surface area contributed by atoms with Crippen LogP contribution in [0.2, 0.25) is 0 Å². The Morgan fingerprint density at radius 2 is 1.84 bits per heavy atom. The summed E-state index contributed by atoms with van der Waals surface area (Å²) < 4.78 is 0. The SMILES string of the molecule is N#CCc1cccc2cc3ccccc3c(C=O)c12. The highest BCUT2D eigenvalue weighted by atomic mass is 16.1. The number of hydrogen-bond donors (Lipinski definition) is 0. The van der Waals surface area contributed by atoms with E-state index >= 15 is 0 Å². The van der Waals surface area contributed by atoms with E-state index in [9.17, 15) is 4.79 Å². The average molecular weight is 245 g/mol. The quantitative estimate of drug-likeness (QED) is 0.508. The lowest BCUT2D eigenvalue weighted by Crippen LogP contribution is -1.92. The third-order valence-corrected chi connectivity index (χ3v) is 3.40. The van der Waals surface area contributed by atoms with E-state index in [1.54, 1.807) is 0 Å². The maximum Gasteiger partial charge on any atom is 0.151 e. The minimum Gasteiger partial charge on any atom is -0.298 e. The summed E-state index contributed by atoms with van der Waals surface area (Å²) >= 11 is 0. The first-order chi connectivity index (χ1) is 9.35. The Morgan fingerprint density at radius 3 is 2.63 bits per heavy atom. The van der Waals surface area contributed by atoms with Crippen LogP contribution >= 0.6 is 0 Å². The zero-order valence-corrected chi connectivity index (χ0v) is 10.3. The Morgan fingerprint density at radius 1 is 1.05 bits per heavy atom. The fraction of sp³-hybridized carbons (Fsp3) is 0.0588. The van der Waals surface area contributed by atoms with Gasteiger partial charge >= 0.3 is 0 Å². The van der Waals surface area contributed by atoms with Gasteiger partial charge in [-0.2, -0.15) is 5.26 Å². The lowest BCUT2D eigenvalue weighted by Gasteiger charge is -2.09. The Labute approximate surface area is 110 Å². The molecule has 0 aliphatic rings. The van der Waals surface area contributed by atoms with Crippen molar-refractivity contribution in [3.63, 3.8) is 0 Å². The summed E-state index contributed by atoms with van der Waals surface area (Å²) in [7, 11) is 0. The molecule has 90 valence electrons. The Balaban J connectivity index is 2.54. The van der Waals surface area contributed by atoms with E-state index in [1.165, 1.54) is 0 Å². The third-order valence-electron chi connectivity index (χ3n) is 3.40. The molecule has 0 N–H and O–H groups in total. The number of carbonyl (C=O) groups excluding carboxylic acids is 1. The molecule has 2 nitrogen and oxygen atoms in total. The van der Waals surface area contributed by atoms with Crippen LogP contribution in [0.1, 0.15) is 15.9 Å². The number of rotatable bonds is 2. The van der Waals surface area contributed by atoms with Crippen molar-refractivity contribution >= 4 is 27.8 Å². The molecule has 0 radical (unpaired) electrons.